The molecule has 0 bridgehead atoms. The summed E-state index contributed by atoms with van der Waals surface area (Å²) >= 11 is 0. The second-order valence-corrected chi connectivity index (χ2v) is 6.36. The molecule has 0 amide bonds. The molecular weight excluding hydrogens is 252 g/mol. The van der Waals surface area contributed by atoms with E-state index in [1.807, 2.05) is 18.2 Å². The van der Waals surface area contributed by atoms with Crippen LogP contribution in [0.2, 0.25) is 0 Å². The number of nitrogens with zero attached hydrogens (tertiary/aromatic N) is 3. The second kappa shape index (κ2) is 6.79. The highest BCUT2D eigenvalue weighted by atomic mass is 32.2. The Morgan fingerprint density at radius 1 is 1.28 bits per heavy atom. The van der Waals surface area contributed by atoms with E-state index >= 15 is 0 Å². The van der Waals surface area contributed by atoms with Gasteiger partial charge in [-0.05, 0) is 12.1 Å². The summed E-state index contributed by atoms with van der Waals surface area (Å²) in [6, 6.07) is 5.71. The van der Waals surface area contributed by atoms with E-state index in [9.17, 15) is 8.42 Å². The van der Waals surface area contributed by atoms with E-state index in [0.29, 0.717) is 19.6 Å². The highest BCUT2D eigenvalue weighted by Gasteiger charge is 2.19. The SMILES string of the molecule is CN(C)S(=O)(=O)N(C)CCNCc1ccccn1. The lowest BCUT2D eigenvalue weighted by molar-refractivity contribution is 0.412. The molecule has 0 radical (unpaired) electrons. The van der Waals surface area contributed by atoms with Crippen molar-refractivity contribution in [2.75, 3.05) is 34.2 Å². The van der Waals surface area contributed by atoms with E-state index in [4.69, 9.17) is 0 Å². The molecule has 0 fully saturated rings. The molecule has 1 aromatic rings. The van der Waals surface area contributed by atoms with E-state index in [-0.39, 0.29) is 0 Å². The fourth-order valence-corrected chi connectivity index (χ4v) is 2.23. The van der Waals surface area contributed by atoms with Gasteiger partial charge in [-0.25, -0.2) is 0 Å². The zero-order valence-electron chi connectivity index (χ0n) is 11.0. The first-order valence-electron chi connectivity index (χ1n) is 5.69. The highest BCUT2D eigenvalue weighted by Crippen LogP contribution is 1.99. The van der Waals surface area contributed by atoms with Crippen molar-refractivity contribution in [3.63, 3.8) is 0 Å². The van der Waals surface area contributed by atoms with Gasteiger partial charge in [-0.3, -0.25) is 4.98 Å². The predicted octanol–water partition coefficient (Wildman–Crippen LogP) is -0.0906. The van der Waals surface area contributed by atoms with Crippen molar-refractivity contribution in [3.8, 4) is 0 Å². The van der Waals surface area contributed by atoms with E-state index < -0.39 is 10.2 Å². The van der Waals surface area contributed by atoms with Crippen LogP contribution in [-0.4, -0.2) is 56.2 Å². The third-order valence-electron chi connectivity index (χ3n) is 2.49. The highest BCUT2D eigenvalue weighted by molar-refractivity contribution is 7.86. The molecule has 0 spiro atoms. The lowest BCUT2D eigenvalue weighted by atomic mass is 10.3. The molecule has 0 aliphatic heterocycles. The largest absolute Gasteiger partial charge is 0.310 e. The topological polar surface area (TPSA) is 65.5 Å². The number of hydrogen-bond donors (Lipinski definition) is 1. The minimum atomic E-state index is -3.31. The van der Waals surface area contributed by atoms with E-state index in [1.54, 1.807) is 13.2 Å². The monoisotopic (exact) mass is 272 g/mol. The Morgan fingerprint density at radius 3 is 2.56 bits per heavy atom. The lowest BCUT2D eigenvalue weighted by Crippen LogP contribution is -2.40. The fourth-order valence-electron chi connectivity index (χ4n) is 1.35. The molecule has 0 saturated carbocycles. The van der Waals surface area contributed by atoms with Crippen molar-refractivity contribution in [1.29, 1.82) is 0 Å². The maximum atomic E-state index is 11.7. The summed E-state index contributed by atoms with van der Waals surface area (Å²) in [7, 11) is 1.30. The van der Waals surface area contributed by atoms with Crippen LogP contribution in [0.25, 0.3) is 0 Å². The molecule has 7 heteroatoms. The molecule has 6 nitrogen and oxygen atoms in total. The van der Waals surface area contributed by atoms with Crippen molar-refractivity contribution in [2.24, 2.45) is 0 Å². The molecule has 0 aliphatic carbocycles. The Bertz CT molecular complexity index is 447. The number of nitrogens with one attached hydrogen (secondary N) is 1. The zero-order chi connectivity index (χ0) is 13.6. The fraction of sp³-hybridized carbons (Fsp3) is 0.545. The molecule has 0 saturated heterocycles. The molecular formula is C11H20N4O2S. The standard InChI is InChI=1S/C11H20N4O2S/c1-14(2)18(16,17)15(3)9-8-12-10-11-6-4-5-7-13-11/h4-7,12H,8-10H2,1-3H3. The number of likely N-dealkylation sites (N-methyl/N-ethyl adjacent to an activating group) is 1. The first-order chi connectivity index (χ1) is 8.44. The molecule has 0 unspecified atom stereocenters. The summed E-state index contributed by atoms with van der Waals surface area (Å²) in [5.74, 6) is 0. The van der Waals surface area contributed by atoms with Gasteiger partial charge in [-0.15, -0.1) is 0 Å². The number of aromatic nitrogens is 1. The second-order valence-electron chi connectivity index (χ2n) is 4.11. The zero-order valence-corrected chi connectivity index (χ0v) is 11.8. The molecule has 1 N–H and O–H groups in total. The lowest BCUT2D eigenvalue weighted by Gasteiger charge is -2.21. The first kappa shape index (κ1) is 15.0. The van der Waals surface area contributed by atoms with Gasteiger partial charge in [-0.2, -0.15) is 17.0 Å². The van der Waals surface area contributed by atoms with E-state index in [2.05, 4.69) is 10.3 Å². The smallest absolute Gasteiger partial charge is 0.281 e. The van der Waals surface area contributed by atoms with E-state index in [0.717, 1.165) is 5.69 Å². The molecule has 0 aromatic carbocycles. The van der Waals surface area contributed by atoms with Crippen LogP contribution in [0.4, 0.5) is 0 Å². The molecule has 0 atom stereocenters. The Morgan fingerprint density at radius 2 is 2.00 bits per heavy atom. The van der Waals surface area contributed by atoms with Crippen LogP contribution in [0.5, 0.6) is 0 Å². The summed E-state index contributed by atoms with van der Waals surface area (Å²) < 4.78 is 25.9. The molecule has 102 valence electrons. The van der Waals surface area contributed by atoms with Crippen molar-refractivity contribution in [2.45, 2.75) is 6.54 Å². The van der Waals surface area contributed by atoms with Crippen molar-refractivity contribution in [1.82, 2.24) is 18.9 Å². The van der Waals surface area contributed by atoms with Crippen molar-refractivity contribution >= 4 is 10.2 Å². The van der Waals surface area contributed by atoms with Gasteiger partial charge in [0.1, 0.15) is 0 Å². The van der Waals surface area contributed by atoms with Crippen LogP contribution < -0.4 is 5.32 Å². The maximum Gasteiger partial charge on any atom is 0.281 e. The average molecular weight is 272 g/mol. The first-order valence-corrected chi connectivity index (χ1v) is 7.08. The summed E-state index contributed by atoms with van der Waals surface area (Å²) in [6.07, 6.45) is 1.74. The number of rotatable bonds is 7. The van der Waals surface area contributed by atoms with Gasteiger partial charge in [0.05, 0.1) is 5.69 Å². The molecule has 0 aliphatic rings. The van der Waals surface area contributed by atoms with Crippen LogP contribution >= 0.6 is 0 Å². The third kappa shape index (κ3) is 4.34. The Hall–Kier alpha value is -1.02. The summed E-state index contributed by atoms with van der Waals surface area (Å²) in [5, 5.41) is 3.16. The van der Waals surface area contributed by atoms with Crippen LogP contribution in [0, 0.1) is 0 Å². The normalized spacial score (nSPS) is 12.3. The Kier molecular flexibility index (Phi) is 5.67. The summed E-state index contributed by atoms with van der Waals surface area (Å²) in [5.41, 5.74) is 0.940. The van der Waals surface area contributed by atoms with Crippen LogP contribution in [0.3, 0.4) is 0 Å². The number of pyridine rings is 1. The average Bonchev–Trinajstić information content (AvgIpc) is 2.35. The number of hydrogen-bond acceptors (Lipinski definition) is 4. The van der Waals surface area contributed by atoms with Crippen molar-refractivity contribution < 1.29 is 8.42 Å². The van der Waals surface area contributed by atoms with Crippen LogP contribution in [0.15, 0.2) is 24.4 Å². The van der Waals surface area contributed by atoms with Gasteiger partial charge in [0.15, 0.2) is 0 Å². The summed E-state index contributed by atoms with van der Waals surface area (Å²) in [6.45, 7) is 1.64. The van der Waals surface area contributed by atoms with Crippen LogP contribution in [-0.2, 0) is 16.8 Å². The molecule has 1 heterocycles. The molecule has 1 aromatic heterocycles. The molecule has 18 heavy (non-hydrogen) atoms. The van der Waals surface area contributed by atoms with Crippen molar-refractivity contribution in [3.05, 3.63) is 30.1 Å². The Labute approximate surface area is 109 Å². The Balaban J connectivity index is 2.31. The molecule has 1 rings (SSSR count). The van der Waals surface area contributed by atoms with E-state index in [1.165, 1.54) is 22.7 Å². The van der Waals surface area contributed by atoms with Gasteiger partial charge in [0.25, 0.3) is 10.2 Å². The van der Waals surface area contributed by atoms with Gasteiger partial charge < -0.3 is 5.32 Å². The van der Waals surface area contributed by atoms with Gasteiger partial charge in [0.2, 0.25) is 0 Å². The maximum absolute atomic E-state index is 11.7. The minimum absolute atomic E-state index is 0.424. The van der Waals surface area contributed by atoms with Gasteiger partial charge in [-0.1, -0.05) is 6.07 Å². The van der Waals surface area contributed by atoms with Crippen LogP contribution in [0.1, 0.15) is 5.69 Å². The van der Waals surface area contributed by atoms with Gasteiger partial charge >= 0.3 is 0 Å². The van der Waals surface area contributed by atoms with Gasteiger partial charge in [0, 0.05) is 47.0 Å². The summed E-state index contributed by atoms with van der Waals surface area (Å²) in [4.78, 5) is 4.17. The third-order valence-corrected chi connectivity index (χ3v) is 4.38. The predicted molar refractivity (Wildman–Crippen MR) is 71.2 cm³/mol. The minimum Gasteiger partial charge on any atom is -0.310 e. The quantitative estimate of drug-likeness (QED) is 0.705.